The van der Waals surface area contributed by atoms with E-state index in [9.17, 15) is 0 Å². The Bertz CT molecular complexity index is 477. The van der Waals surface area contributed by atoms with Gasteiger partial charge in [-0.15, -0.1) is 18.0 Å². The van der Waals surface area contributed by atoms with Crippen molar-refractivity contribution in [2.45, 2.75) is 43.5 Å². The summed E-state index contributed by atoms with van der Waals surface area (Å²) in [5, 5.41) is -0.106. The zero-order valence-electron chi connectivity index (χ0n) is 10.7. The standard InChI is InChI=1S/C15H16BrClO2/c1-3-5-6-9(17)12-10-7-11-15(18-10)13(12)14(19-11)8(16)4-2/h1,5-6,9-13,15H,4,7H2,2H3/b6-5-,14-8-/t9-,10+,11+,12-,13+,15-/m1/s1. The lowest BCUT2D eigenvalue weighted by molar-refractivity contribution is 0.0690. The van der Waals surface area contributed by atoms with Crippen LogP contribution < -0.4 is 0 Å². The first-order valence-corrected chi connectivity index (χ1v) is 7.87. The number of hydrogen-bond acceptors (Lipinski definition) is 2. The molecular formula is C15H16BrClO2. The summed E-state index contributed by atoms with van der Waals surface area (Å²) in [5.74, 6) is 4.06. The molecule has 0 radical (unpaired) electrons. The number of terminal acetylenes is 1. The minimum absolute atomic E-state index is 0.106. The lowest BCUT2D eigenvalue weighted by atomic mass is 9.77. The quantitative estimate of drug-likeness (QED) is 0.576. The Hall–Kier alpha value is -0.430. The molecule has 6 atom stereocenters. The molecule has 2 bridgehead atoms. The Kier molecular flexibility index (Phi) is 3.68. The van der Waals surface area contributed by atoms with Crippen molar-refractivity contribution in [3.05, 3.63) is 22.4 Å². The summed E-state index contributed by atoms with van der Waals surface area (Å²) in [4.78, 5) is 0. The molecule has 0 saturated carbocycles. The van der Waals surface area contributed by atoms with Gasteiger partial charge < -0.3 is 9.47 Å². The summed E-state index contributed by atoms with van der Waals surface area (Å²) in [6, 6.07) is 0. The maximum Gasteiger partial charge on any atom is 0.128 e. The molecule has 0 amide bonds. The molecule has 102 valence electrons. The van der Waals surface area contributed by atoms with Crippen molar-refractivity contribution < 1.29 is 9.47 Å². The normalized spacial score (nSPS) is 43.4. The predicted octanol–water partition coefficient (Wildman–Crippen LogP) is 3.60. The lowest BCUT2D eigenvalue weighted by Crippen LogP contribution is -2.34. The molecule has 19 heavy (non-hydrogen) atoms. The second-order valence-corrected chi connectivity index (χ2v) is 6.69. The summed E-state index contributed by atoms with van der Waals surface area (Å²) in [7, 11) is 0. The molecule has 2 nitrogen and oxygen atoms in total. The molecule has 3 fully saturated rings. The Labute approximate surface area is 127 Å². The van der Waals surface area contributed by atoms with E-state index >= 15 is 0 Å². The first-order chi connectivity index (χ1) is 9.17. The van der Waals surface area contributed by atoms with Gasteiger partial charge in [0.15, 0.2) is 0 Å². The van der Waals surface area contributed by atoms with Crippen LogP contribution >= 0.6 is 27.5 Å². The van der Waals surface area contributed by atoms with Gasteiger partial charge in [-0.2, -0.15) is 0 Å². The fourth-order valence-corrected chi connectivity index (χ4v) is 4.25. The van der Waals surface area contributed by atoms with Gasteiger partial charge in [0.1, 0.15) is 18.0 Å². The summed E-state index contributed by atoms with van der Waals surface area (Å²) in [6.07, 6.45) is 11.3. The van der Waals surface area contributed by atoms with Gasteiger partial charge in [0.25, 0.3) is 0 Å². The number of hydrogen-bond donors (Lipinski definition) is 0. The van der Waals surface area contributed by atoms with Gasteiger partial charge in [-0.05, 0) is 12.5 Å². The molecule has 3 rings (SSSR count). The van der Waals surface area contributed by atoms with Crippen LogP contribution in [0, 0.1) is 24.2 Å². The van der Waals surface area contributed by atoms with E-state index in [4.69, 9.17) is 27.5 Å². The number of ether oxygens (including phenoxy) is 2. The molecular weight excluding hydrogens is 328 g/mol. The predicted molar refractivity (Wildman–Crippen MR) is 79.0 cm³/mol. The summed E-state index contributed by atoms with van der Waals surface area (Å²) in [5.41, 5.74) is 0. The van der Waals surface area contributed by atoms with Crippen molar-refractivity contribution in [2.75, 3.05) is 0 Å². The highest BCUT2D eigenvalue weighted by Crippen LogP contribution is 2.56. The lowest BCUT2D eigenvalue weighted by Gasteiger charge is -2.25. The zero-order valence-corrected chi connectivity index (χ0v) is 13.0. The highest BCUT2D eigenvalue weighted by Gasteiger charge is 2.63. The average molecular weight is 344 g/mol. The van der Waals surface area contributed by atoms with Crippen molar-refractivity contribution in [3.63, 3.8) is 0 Å². The number of fused-ring (bicyclic) bond motifs is 1. The van der Waals surface area contributed by atoms with Crippen LogP contribution in [0.2, 0.25) is 0 Å². The molecule has 0 aromatic rings. The molecule has 3 aliphatic heterocycles. The largest absolute Gasteiger partial charge is 0.491 e. The molecule has 4 heteroatoms. The third kappa shape index (κ3) is 2.05. The molecule has 0 aliphatic carbocycles. The van der Waals surface area contributed by atoms with Crippen LogP contribution in [0.4, 0.5) is 0 Å². The average Bonchev–Trinajstić information content (AvgIpc) is 3.02. The minimum Gasteiger partial charge on any atom is -0.491 e. The highest BCUT2D eigenvalue weighted by atomic mass is 79.9. The van der Waals surface area contributed by atoms with Gasteiger partial charge in [-0.3, -0.25) is 0 Å². The number of rotatable bonds is 3. The molecule has 0 spiro atoms. The molecule has 0 aromatic carbocycles. The van der Waals surface area contributed by atoms with Crippen molar-refractivity contribution in [1.82, 2.24) is 0 Å². The van der Waals surface area contributed by atoms with Gasteiger partial charge in [0, 0.05) is 16.8 Å². The topological polar surface area (TPSA) is 18.5 Å². The van der Waals surface area contributed by atoms with Gasteiger partial charge in [0.05, 0.1) is 17.4 Å². The number of allylic oxidation sites excluding steroid dienone is 3. The molecule has 0 aromatic heterocycles. The van der Waals surface area contributed by atoms with E-state index in [1.165, 1.54) is 0 Å². The SMILES string of the molecule is C#C/C=C\[C@@H](Cl)[C@H]1[C@H]2/C(=C(/Br)CC)O[C@H]3C[C@@H]1O[C@@H]23. The van der Waals surface area contributed by atoms with E-state index < -0.39 is 0 Å². The summed E-state index contributed by atoms with van der Waals surface area (Å²) < 4.78 is 13.2. The summed E-state index contributed by atoms with van der Waals surface area (Å²) in [6.45, 7) is 2.11. The zero-order chi connectivity index (χ0) is 13.6. The first kappa shape index (κ1) is 13.5. The first-order valence-electron chi connectivity index (χ1n) is 6.64. The minimum atomic E-state index is -0.106. The third-order valence-corrected chi connectivity index (χ3v) is 5.65. The Morgan fingerprint density at radius 1 is 1.63 bits per heavy atom. The number of alkyl halides is 1. The van der Waals surface area contributed by atoms with Crippen LogP contribution in [-0.2, 0) is 9.47 Å². The summed E-state index contributed by atoms with van der Waals surface area (Å²) >= 11 is 10.1. The molecule has 3 heterocycles. The van der Waals surface area contributed by atoms with Crippen molar-refractivity contribution in [3.8, 4) is 12.3 Å². The molecule has 3 aliphatic rings. The Morgan fingerprint density at radius 2 is 2.42 bits per heavy atom. The van der Waals surface area contributed by atoms with Gasteiger partial charge in [-0.1, -0.05) is 34.9 Å². The Morgan fingerprint density at radius 3 is 3.11 bits per heavy atom. The van der Waals surface area contributed by atoms with E-state index in [1.54, 1.807) is 6.08 Å². The third-order valence-electron chi connectivity index (χ3n) is 4.26. The molecule has 0 unspecified atom stereocenters. The Balaban J connectivity index is 1.91. The van der Waals surface area contributed by atoms with Crippen LogP contribution in [0.15, 0.2) is 22.4 Å². The van der Waals surface area contributed by atoms with E-state index in [0.29, 0.717) is 0 Å². The van der Waals surface area contributed by atoms with Crippen LogP contribution in [0.1, 0.15) is 19.8 Å². The van der Waals surface area contributed by atoms with Gasteiger partial charge in [0.2, 0.25) is 0 Å². The van der Waals surface area contributed by atoms with E-state index in [0.717, 1.165) is 23.1 Å². The monoisotopic (exact) mass is 342 g/mol. The van der Waals surface area contributed by atoms with Crippen LogP contribution in [0.3, 0.4) is 0 Å². The fourth-order valence-electron chi connectivity index (χ4n) is 3.50. The second-order valence-electron chi connectivity index (χ2n) is 5.23. The van der Waals surface area contributed by atoms with Crippen molar-refractivity contribution in [2.24, 2.45) is 11.8 Å². The van der Waals surface area contributed by atoms with Crippen LogP contribution in [0.25, 0.3) is 0 Å². The van der Waals surface area contributed by atoms with E-state index in [2.05, 4.69) is 28.8 Å². The van der Waals surface area contributed by atoms with E-state index in [1.807, 2.05) is 6.08 Å². The van der Waals surface area contributed by atoms with Gasteiger partial charge in [-0.25, -0.2) is 0 Å². The highest BCUT2D eigenvalue weighted by molar-refractivity contribution is 9.11. The smallest absolute Gasteiger partial charge is 0.128 e. The van der Waals surface area contributed by atoms with E-state index in [-0.39, 0.29) is 35.5 Å². The maximum atomic E-state index is 6.51. The molecule has 3 saturated heterocycles. The van der Waals surface area contributed by atoms with Crippen LogP contribution in [0.5, 0.6) is 0 Å². The number of halogens is 2. The van der Waals surface area contributed by atoms with Crippen molar-refractivity contribution in [1.29, 1.82) is 0 Å². The van der Waals surface area contributed by atoms with Crippen LogP contribution in [-0.4, -0.2) is 23.7 Å². The van der Waals surface area contributed by atoms with Crippen molar-refractivity contribution >= 4 is 27.5 Å². The van der Waals surface area contributed by atoms with Gasteiger partial charge >= 0.3 is 0 Å². The fraction of sp³-hybridized carbons (Fsp3) is 0.600. The maximum absolute atomic E-state index is 6.51. The second kappa shape index (κ2) is 5.16. The molecule has 0 N–H and O–H groups in total.